The molecule has 1 aromatic carbocycles. The van der Waals surface area contributed by atoms with Crippen LogP contribution in [0.25, 0.3) is 0 Å². The number of hydrogen-bond acceptors (Lipinski definition) is 4. The van der Waals surface area contributed by atoms with Crippen molar-refractivity contribution in [3.8, 4) is 0 Å². The van der Waals surface area contributed by atoms with E-state index in [-0.39, 0.29) is 11.8 Å². The zero-order valence-electron chi connectivity index (χ0n) is 9.61. The van der Waals surface area contributed by atoms with E-state index < -0.39 is 5.97 Å². The summed E-state index contributed by atoms with van der Waals surface area (Å²) in [5.74, 6) is -0.182. The lowest BCUT2D eigenvalue weighted by Crippen LogP contribution is -1.99. The fourth-order valence-corrected chi connectivity index (χ4v) is 2.01. The van der Waals surface area contributed by atoms with E-state index in [0.717, 1.165) is 5.56 Å². The van der Waals surface area contributed by atoms with Crippen molar-refractivity contribution in [3.05, 3.63) is 47.6 Å². The third kappa shape index (κ3) is 2.11. The molecule has 1 aliphatic rings. The number of carbonyl (C=O) groups is 1. The first-order chi connectivity index (χ1) is 8.74. The minimum Gasteiger partial charge on any atom is -0.481 e. The highest BCUT2D eigenvalue weighted by atomic mass is 16.5. The molecule has 18 heavy (non-hydrogen) atoms. The van der Waals surface area contributed by atoms with Gasteiger partial charge in [0.25, 0.3) is 0 Å². The molecule has 0 amide bonds. The molecule has 1 N–H and O–H groups in total. The van der Waals surface area contributed by atoms with Crippen LogP contribution in [0.5, 0.6) is 0 Å². The highest BCUT2D eigenvalue weighted by Gasteiger charge is 2.48. The first-order valence-corrected chi connectivity index (χ1v) is 5.83. The van der Waals surface area contributed by atoms with E-state index in [4.69, 9.17) is 9.63 Å². The van der Waals surface area contributed by atoms with Gasteiger partial charge in [-0.05, 0) is 12.0 Å². The Morgan fingerprint density at radius 3 is 2.83 bits per heavy atom. The van der Waals surface area contributed by atoms with Crippen molar-refractivity contribution in [2.75, 3.05) is 0 Å². The second kappa shape index (κ2) is 4.25. The van der Waals surface area contributed by atoms with E-state index >= 15 is 0 Å². The Bertz CT molecular complexity index is 565. The molecule has 2 aromatic rings. The molecule has 1 aliphatic carbocycles. The zero-order chi connectivity index (χ0) is 12.5. The Morgan fingerprint density at radius 2 is 2.17 bits per heavy atom. The highest BCUT2D eigenvalue weighted by molar-refractivity contribution is 5.74. The summed E-state index contributed by atoms with van der Waals surface area (Å²) < 4.78 is 5.12. The fraction of sp³-hybridized carbons (Fsp3) is 0.308. The summed E-state index contributed by atoms with van der Waals surface area (Å²) in [4.78, 5) is 15.0. The van der Waals surface area contributed by atoms with E-state index in [0.29, 0.717) is 24.6 Å². The van der Waals surface area contributed by atoms with Crippen LogP contribution in [0.4, 0.5) is 0 Å². The van der Waals surface area contributed by atoms with Crippen LogP contribution < -0.4 is 0 Å². The number of benzene rings is 1. The second-order valence-corrected chi connectivity index (χ2v) is 4.50. The summed E-state index contributed by atoms with van der Waals surface area (Å²) in [5.41, 5.74) is 1.11. The first-order valence-electron chi connectivity index (χ1n) is 5.83. The van der Waals surface area contributed by atoms with Crippen LogP contribution in [-0.4, -0.2) is 21.2 Å². The van der Waals surface area contributed by atoms with Gasteiger partial charge in [-0.2, -0.15) is 4.98 Å². The topological polar surface area (TPSA) is 76.2 Å². The maximum absolute atomic E-state index is 10.8. The summed E-state index contributed by atoms with van der Waals surface area (Å²) in [6, 6.07) is 9.85. The Hall–Kier alpha value is -2.17. The van der Waals surface area contributed by atoms with Gasteiger partial charge in [-0.25, -0.2) is 0 Å². The molecule has 0 saturated heterocycles. The predicted octanol–water partition coefficient (Wildman–Crippen LogP) is 1.85. The van der Waals surface area contributed by atoms with Gasteiger partial charge in [-0.1, -0.05) is 35.5 Å². The number of nitrogens with zero attached hydrogens (tertiary/aromatic N) is 2. The van der Waals surface area contributed by atoms with E-state index in [2.05, 4.69) is 10.1 Å². The molecule has 1 aromatic heterocycles. The maximum Gasteiger partial charge on any atom is 0.307 e. The molecule has 1 heterocycles. The molecule has 2 atom stereocenters. The van der Waals surface area contributed by atoms with Crippen LogP contribution >= 0.6 is 0 Å². The van der Waals surface area contributed by atoms with Crippen molar-refractivity contribution in [2.24, 2.45) is 5.92 Å². The third-order valence-electron chi connectivity index (χ3n) is 3.11. The lowest BCUT2D eigenvalue weighted by Gasteiger charge is -1.93. The number of carboxylic acids is 1. The van der Waals surface area contributed by atoms with Gasteiger partial charge in [0.05, 0.1) is 11.8 Å². The van der Waals surface area contributed by atoms with Crippen molar-refractivity contribution in [2.45, 2.75) is 18.8 Å². The summed E-state index contributed by atoms with van der Waals surface area (Å²) in [6.07, 6.45) is 1.21. The van der Waals surface area contributed by atoms with E-state index in [1.54, 1.807) is 0 Å². The van der Waals surface area contributed by atoms with Crippen LogP contribution in [-0.2, 0) is 11.2 Å². The highest BCUT2D eigenvalue weighted by Crippen LogP contribution is 2.46. The lowest BCUT2D eigenvalue weighted by atomic mass is 10.1. The minimum absolute atomic E-state index is 0.0977. The summed E-state index contributed by atoms with van der Waals surface area (Å²) in [7, 11) is 0. The number of rotatable bonds is 4. The van der Waals surface area contributed by atoms with Gasteiger partial charge in [-0.15, -0.1) is 0 Å². The van der Waals surface area contributed by atoms with E-state index in [1.165, 1.54) is 0 Å². The molecule has 0 radical (unpaired) electrons. The SMILES string of the molecule is O=C(O)C1CC1c1nc(Cc2ccccc2)no1. The molecule has 3 rings (SSSR count). The number of aliphatic carboxylic acids is 1. The predicted molar refractivity (Wildman–Crippen MR) is 62.0 cm³/mol. The molecule has 0 aliphatic heterocycles. The van der Waals surface area contributed by atoms with Crippen molar-refractivity contribution in [1.82, 2.24) is 10.1 Å². The monoisotopic (exact) mass is 244 g/mol. The van der Waals surface area contributed by atoms with Crippen molar-refractivity contribution >= 4 is 5.97 Å². The lowest BCUT2D eigenvalue weighted by molar-refractivity contribution is -0.138. The summed E-state index contributed by atoms with van der Waals surface area (Å²) in [5, 5.41) is 12.7. The fourth-order valence-electron chi connectivity index (χ4n) is 2.01. The molecule has 2 unspecified atom stereocenters. The van der Waals surface area contributed by atoms with Crippen LogP contribution in [0.1, 0.15) is 29.6 Å². The van der Waals surface area contributed by atoms with Crippen LogP contribution in [0.2, 0.25) is 0 Å². The molecule has 1 fully saturated rings. The van der Waals surface area contributed by atoms with Gasteiger partial charge < -0.3 is 9.63 Å². The van der Waals surface area contributed by atoms with Gasteiger partial charge in [0, 0.05) is 6.42 Å². The van der Waals surface area contributed by atoms with Crippen LogP contribution in [0, 0.1) is 5.92 Å². The molecule has 5 heteroatoms. The van der Waals surface area contributed by atoms with Gasteiger partial charge in [-0.3, -0.25) is 4.79 Å². The zero-order valence-corrected chi connectivity index (χ0v) is 9.61. The van der Waals surface area contributed by atoms with Crippen molar-refractivity contribution in [1.29, 1.82) is 0 Å². The Balaban J connectivity index is 1.69. The minimum atomic E-state index is -0.789. The second-order valence-electron chi connectivity index (χ2n) is 4.50. The number of carboxylic acid groups (broad SMARTS) is 1. The standard InChI is InChI=1S/C13H12N2O3/c16-13(17)10-7-9(10)12-14-11(15-18-12)6-8-4-2-1-3-5-8/h1-5,9-10H,6-7H2,(H,16,17). The van der Waals surface area contributed by atoms with Gasteiger partial charge in [0.1, 0.15) is 0 Å². The quantitative estimate of drug-likeness (QED) is 0.888. The molecule has 1 saturated carbocycles. The Kier molecular flexibility index (Phi) is 2.59. The van der Waals surface area contributed by atoms with E-state index in [9.17, 15) is 4.79 Å². The van der Waals surface area contributed by atoms with Gasteiger partial charge in [0.15, 0.2) is 5.82 Å². The summed E-state index contributed by atoms with van der Waals surface area (Å²) in [6.45, 7) is 0. The van der Waals surface area contributed by atoms with Gasteiger partial charge in [0.2, 0.25) is 5.89 Å². The average Bonchev–Trinajstić information content (AvgIpc) is 3.05. The smallest absolute Gasteiger partial charge is 0.307 e. The normalized spacial score (nSPS) is 21.8. The molecular weight excluding hydrogens is 232 g/mol. The molecule has 92 valence electrons. The van der Waals surface area contributed by atoms with Crippen molar-refractivity contribution < 1.29 is 14.4 Å². The third-order valence-corrected chi connectivity index (χ3v) is 3.11. The largest absolute Gasteiger partial charge is 0.481 e. The maximum atomic E-state index is 10.8. The van der Waals surface area contributed by atoms with Crippen LogP contribution in [0.15, 0.2) is 34.9 Å². The first kappa shape index (κ1) is 11.0. The molecular formula is C13H12N2O3. The van der Waals surface area contributed by atoms with E-state index in [1.807, 2.05) is 30.3 Å². The Morgan fingerprint density at radius 1 is 1.39 bits per heavy atom. The molecule has 0 spiro atoms. The van der Waals surface area contributed by atoms with Crippen LogP contribution in [0.3, 0.4) is 0 Å². The Labute approximate surface area is 103 Å². The van der Waals surface area contributed by atoms with Gasteiger partial charge >= 0.3 is 5.97 Å². The molecule has 0 bridgehead atoms. The number of hydrogen-bond donors (Lipinski definition) is 1. The summed E-state index contributed by atoms with van der Waals surface area (Å²) >= 11 is 0. The number of aromatic nitrogens is 2. The van der Waals surface area contributed by atoms with Crippen molar-refractivity contribution in [3.63, 3.8) is 0 Å². The molecule has 5 nitrogen and oxygen atoms in total. The average molecular weight is 244 g/mol.